The fourth-order valence-electron chi connectivity index (χ4n) is 1.57. The van der Waals surface area contributed by atoms with Crippen molar-refractivity contribution >= 4 is 17.4 Å². The standard InChI is InChI=1S/C10H15N5O4/c1-10(2,4-6(11)16)14-8-7(15(17)18)9(19-3)13-5-12-8/h5H,4H2,1-3H3,(H2,11,16)(H,12,13,14). The van der Waals surface area contributed by atoms with Gasteiger partial charge in [0.15, 0.2) is 0 Å². The topological polar surface area (TPSA) is 133 Å². The third-order valence-electron chi connectivity index (χ3n) is 2.24. The number of nitro groups is 1. The average Bonchev–Trinajstić information content (AvgIpc) is 2.25. The first-order chi connectivity index (χ1) is 8.76. The predicted octanol–water partition coefficient (Wildman–Crippen LogP) is 0.459. The number of nitrogens with one attached hydrogen (secondary N) is 1. The fourth-order valence-corrected chi connectivity index (χ4v) is 1.57. The van der Waals surface area contributed by atoms with Gasteiger partial charge in [-0.1, -0.05) is 0 Å². The number of amides is 1. The second-order valence-corrected chi connectivity index (χ2v) is 4.49. The van der Waals surface area contributed by atoms with E-state index in [1.807, 2.05) is 0 Å². The Morgan fingerprint density at radius 2 is 2.21 bits per heavy atom. The summed E-state index contributed by atoms with van der Waals surface area (Å²) in [6.07, 6.45) is 1.13. The van der Waals surface area contributed by atoms with Crippen LogP contribution in [0.3, 0.4) is 0 Å². The average molecular weight is 269 g/mol. The van der Waals surface area contributed by atoms with Gasteiger partial charge in [0.2, 0.25) is 11.7 Å². The molecule has 0 aliphatic carbocycles. The largest absolute Gasteiger partial charge is 0.476 e. The van der Waals surface area contributed by atoms with Gasteiger partial charge < -0.3 is 15.8 Å². The summed E-state index contributed by atoms with van der Waals surface area (Å²) < 4.78 is 4.82. The van der Waals surface area contributed by atoms with E-state index in [-0.39, 0.29) is 23.8 Å². The zero-order valence-corrected chi connectivity index (χ0v) is 10.8. The Hall–Kier alpha value is -2.45. The number of nitrogens with zero attached hydrogens (tertiary/aromatic N) is 3. The summed E-state index contributed by atoms with van der Waals surface area (Å²) in [5, 5.41) is 13.8. The number of aromatic nitrogens is 2. The second kappa shape index (κ2) is 5.46. The molecule has 1 amide bonds. The van der Waals surface area contributed by atoms with E-state index in [1.54, 1.807) is 13.8 Å². The summed E-state index contributed by atoms with van der Waals surface area (Å²) in [5.74, 6) is -0.707. The van der Waals surface area contributed by atoms with E-state index in [1.165, 1.54) is 7.11 Å². The van der Waals surface area contributed by atoms with Crippen molar-refractivity contribution in [3.05, 3.63) is 16.4 Å². The van der Waals surface area contributed by atoms with Gasteiger partial charge >= 0.3 is 5.69 Å². The molecule has 9 nitrogen and oxygen atoms in total. The van der Waals surface area contributed by atoms with Gasteiger partial charge in [-0.15, -0.1) is 0 Å². The minimum Gasteiger partial charge on any atom is -0.476 e. The van der Waals surface area contributed by atoms with Crippen LogP contribution in [0.4, 0.5) is 11.5 Å². The minimum absolute atomic E-state index is 0.00350. The minimum atomic E-state index is -0.782. The van der Waals surface area contributed by atoms with Crippen molar-refractivity contribution in [2.45, 2.75) is 25.8 Å². The number of carbonyl (C=O) groups is 1. The summed E-state index contributed by atoms with van der Waals surface area (Å²) in [5.41, 5.74) is 3.95. The van der Waals surface area contributed by atoms with Crippen LogP contribution < -0.4 is 15.8 Å². The maximum atomic E-state index is 11.0. The molecule has 1 rings (SSSR count). The van der Waals surface area contributed by atoms with Crippen molar-refractivity contribution in [1.82, 2.24) is 9.97 Å². The zero-order valence-electron chi connectivity index (χ0n) is 10.8. The second-order valence-electron chi connectivity index (χ2n) is 4.49. The number of anilines is 1. The summed E-state index contributed by atoms with van der Waals surface area (Å²) in [6, 6.07) is 0. The van der Waals surface area contributed by atoms with Crippen LogP contribution in [0.15, 0.2) is 6.33 Å². The number of nitrogens with two attached hydrogens (primary N) is 1. The molecule has 0 saturated carbocycles. The highest BCUT2D eigenvalue weighted by molar-refractivity contribution is 5.76. The molecule has 0 saturated heterocycles. The normalized spacial score (nSPS) is 10.9. The Morgan fingerprint density at radius 3 is 2.68 bits per heavy atom. The number of rotatable bonds is 6. The molecular formula is C10H15N5O4. The molecule has 0 atom stereocenters. The van der Waals surface area contributed by atoms with Gasteiger partial charge in [0.05, 0.1) is 12.0 Å². The summed E-state index contributed by atoms with van der Waals surface area (Å²) in [6.45, 7) is 3.35. The number of hydrogen-bond donors (Lipinski definition) is 2. The van der Waals surface area contributed by atoms with E-state index in [2.05, 4.69) is 15.3 Å². The SMILES string of the molecule is COc1ncnc(NC(C)(C)CC(N)=O)c1[N+](=O)[O-]. The van der Waals surface area contributed by atoms with Crippen LogP contribution in [0.1, 0.15) is 20.3 Å². The molecule has 1 aromatic heterocycles. The van der Waals surface area contributed by atoms with Gasteiger partial charge in [-0.3, -0.25) is 14.9 Å². The highest BCUT2D eigenvalue weighted by atomic mass is 16.6. The molecule has 9 heteroatoms. The number of hydrogen-bond acceptors (Lipinski definition) is 7. The lowest BCUT2D eigenvalue weighted by atomic mass is 10.0. The van der Waals surface area contributed by atoms with E-state index in [9.17, 15) is 14.9 Å². The van der Waals surface area contributed by atoms with Gasteiger partial charge in [-0.2, -0.15) is 4.98 Å². The molecular weight excluding hydrogens is 254 g/mol. The summed E-state index contributed by atoms with van der Waals surface area (Å²) in [4.78, 5) is 28.8. The van der Waals surface area contributed by atoms with Crippen LogP contribution in [0, 0.1) is 10.1 Å². The molecule has 0 fully saturated rings. The van der Waals surface area contributed by atoms with Crippen molar-refractivity contribution in [1.29, 1.82) is 0 Å². The number of methoxy groups -OCH3 is 1. The molecule has 19 heavy (non-hydrogen) atoms. The van der Waals surface area contributed by atoms with E-state index in [0.717, 1.165) is 6.33 Å². The van der Waals surface area contributed by atoms with Crippen molar-refractivity contribution in [3.63, 3.8) is 0 Å². The van der Waals surface area contributed by atoms with E-state index in [4.69, 9.17) is 10.5 Å². The Kier molecular flexibility index (Phi) is 4.20. The fraction of sp³-hybridized carbons (Fsp3) is 0.500. The van der Waals surface area contributed by atoms with Crippen LogP contribution in [-0.4, -0.2) is 33.4 Å². The van der Waals surface area contributed by atoms with Crippen LogP contribution >= 0.6 is 0 Å². The summed E-state index contributed by atoms with van der Waals surface area (Å²) in [7, 11) is 1.27. The Balaban J connectivity index is 3.14. The van der Waals surface area contributed by atoms with Crippen LogP contribution in [0.5, 0.6) is 5.88 Å². The number of ether oxygens (including phenoxy) is 1. The van der Waals surface area contributed by atoms with Gasteiger partial charge in [0.1, 0.15) is 6.33 Å². The lowest BCUT2D eigenvalue weighted by Crippen LogP contribution is -2.36. The first-order valence-corrected chi connectivity index (χ1v) is 5.36. The van der Waals surface area contributed by atoms with E-state index in [0.29, 0.717) is 0 Å². The summed E-state index contributed by atoms with van der Waals surface area (Å²) >= 11 is 0. The van der Waals surface area contributed by atoms with Crippen molar-refractivity contribution in [2.75, 3.05) is 12.4 Å². The van der Waals surface area contributed by atoms with Gasteiger partial charge in [0.25, 0.3) is 5.88 Å². The van der Waals surface area contributed by atoms with Crippen molar-refractivity contribution in [3.8, 4) is 5.88 Å². The molecule has 0 unspecified atom stereocenters. The van der Waals surface area contributed by atoms with Gasteiger partial charge in [-0.25, -0.2) is 4.98 Å². The quantitative estimate of drug-likeness (QED) is 0.566. The molecule has 0 aliphatic rings. The molecule has 1 aromatic rings. The van der Waals surface area contributed by atoms with Crippen LogP contribution in [0.2, 0.25) is 0 Å². The Morgan fingerprint density at radius 1 is 1.58 bits per heavy atom. The van der Waals surface area contributed by atoms with Crippen molar-refractivity contribution in [2.24, 2.45) is 5.73 Å². The van der Waals surface area contributed by atoms with Crippen LogP contribution in [-0.2, 0) is 4.79 Å². The first-order valence-electron chi connectivity index (χ1n) is 5.36. The Labute approximate surface area is 109 Å². The lowest BCUT2D eigenvalue weighted by molar-refractivity contribution is -0.385. The number of primary amides is 1. The highest BCUT2D eigenvalue weighted by Crippen LogP contribution is 2.32. The lowest BCUT2D eigenvalue weighted by Gasteiger charge is -2.25. The van der Waals surface area contributed by atoms with Crippen molar-refractivity contribution < 1.29 is 14.5 Å². The molecule has 3 N–H and O–H groups in total. The molecule has 0 bridgehead atoms. The molecule has 0 spiro atoms. The van der Waals surface area contributed by atoms with Crippen LogP contribution in [0.25, 0.3) is 0 Å². The van der Waals surface area contributed by atoms with E-state index < -0.39 is 16.4 Å². The molecule has 104 valence electrons. The maximum Gasteiger partial charge on any atom is 0.372 e. The number of carbonyl (C=O) groups excluding carboxylic acids is 1. The monoisotopic (exact) mass is 269 g/mol. The smallest absolute Gasteiger partial charge is 0.372 e. The van der Waals surface area contributed by atoms with E-state index >= 15 is 0 Å². The molecule has 0 aromatic carbocycles. The van der Waals surface area contributed by atoms with Gasteiger partial charge in [0, 0.05) is 12.0 Å². The third-order valence-corrected chi connectivity index (χ3v) is 2.24. The molecule has 1 heterocycles. The first kappa shape index (κ1) is 14.6. The molecule has 0 radical (unpaired) electrons. The molecule has 0 aliphatic heterocycles. The zero-order chi connectivity index (χ0) is 14.6. The maximum absolute atomic E-state index is 11.0. The highest BCUT2D eigenvalue weighted by Gasteiger charge is 2.29. The predicted molar refractivity (Wildman–Crippen MR) is 66.8 cm³/mol. The Bertz CT molecular complexity index is 503. The third kappa shape index (κ3) is 3.76. The van der Waals surface area contributed by atoms with Gasteiger partial charge in [-0.05, 0) is 13.8 Å².